The Morgan fingerprint density at radius 1 is 1.25 bits per heavy atom. The Hall–Kier alpha value is -1.51. The average Bonchev–Trinajstić information content (AvgIpc) is 2.78. The summed E-state index contributed by atoms with van der Waals surface area (Å²) in [5.74, 6) is 0. The van der Waals surface area contributed by atoms with Crippen molar-refractivity contribution in [2.24, 2.45) is 0 Å². The molecule has 1 aliphatic carbocycles. The minimum atomic E-state index is -0.397. The highest BCUT2D eigenvalue weighted by atomic mass is 35.5. The molecule has 0 heterocycles. The first kappa shape index (κ1) is 13.5. The van der Waals surface area contributed by atoms with Crippen molar-refractivity contribution in [1.29, 1.82) is 0 Å². The van der Waals surface area contributed by atoms with Gasteiger partial charge in [0.2, 0.25) is 0 Å². The molecule has 104 valence electrons. The molecule has 2 aromatic rings. The van der Waals surface area contributed by atoms with Crippen molar-refractivity contribution in [3.05, 3.63) is 64.2 Å². The number of hydrogen-bond donors (Lipinski definition) is 2. The number of nitrogens with one attached hydrogen (secondary N) is 1. The summed E-state index contributed by atoms with van der Waals surface area (Å²) in [5.41, 5.74) is 4.29. The van der Waals surface area contributed by atoms with Gasteiger partial charge in [-0.3, -0.25) is 0 Å². The molecule has 3 rings (SSSR count). The highest BCUT2D eigenvalue weighted by Gasteiger charge is 2.38. The predicted octanol–water partition coefficient (Wildman–Crippen LogP) is 3.89. The molecule has 0 bridgehead atoms. The van der Waals surface area contributed by atoms with Crippen LogP contribution in [0.1, 0.15) is 23.1 Å². The summed E-state index contributed by atoms with van der Waals surface area (Å²) in [6, 6.07) is 14.1. The Kier molecular flexibility index (Phi) is 3.45. The maximum atomic E-state index is 9.99. The lowest BCUT2D eigenvalue weighted by Gasteiger charge is -2.31. The van der Waals surface area contributed by atoms with Crippen LogP contribution in [0, 0.1) is 6.92 Å². The maximum Gasteiger partial charge on any atom is 0.0862 e. The molecule has 20 heavy (non-hydrogen) atoms. The lowest BCUT2D eigenvalue weighted by Crippen LogP contribution is -2.37. The minimum absolute atomic E-state index is 0.0793. The molecule has 1 unspecified atom stereocenters. The fourth-order valence-electron chi connectivity index (χ4n) is 3.01. The van der Waals surface area contributed by atoms with Crippen LogP contribution >= 0.6 is 11.6 Å². The lowest BCUT2D eigenvalue weighted by atomic mass is 9.91. The van der Waals surface area contributed by atoms with Crippen molar-refractivity contribution in [3.8, 4) is 0 Å². The zero-order valence-corrected chi connectivity index (χ0v) is 12.2. The van der Waals surface area contributed by atoms with E-state index in [1.165, 1.54) is 16.7 Å². The molecule has 0 radical (unpaired) electrons. The third-order valence-electron chi connectivity index (χ3n) is 4.08. The van der Waals surface area contributed by atoms with Gasteiger partial charge in [-0.1, -0.05) is 41.4 Å². The average molecular weight is 288 g/mol. The van der Waals surface area contributed by atoms with Gasteiger partial charge in [0, 0.05) is 10.7 Å². The second-order valence-corrected chi connectivity index (χ2v) is 5.97. The number of halogens is 1. The third-order valence-corrected chi connectivity index (χ3v) is 4.32. The molecule has 0 saturated heterocycles. The topological polar surface area (TPSA) is 32.3 Å². The van der Waals surface area contributed by atoms with Crippen LogP contribution in [0.2, 0.25) is 5.02 Å². The van der Waals surface area contributed by atoms with Gasteiger partial charge < -0.3 is 10.4 Å². The Bertz CT molecular complexity index is 641. The van der Waals surface area contributed by atoms with Crippen molar-refractivity contribution in [3.63, 3.8) is 0 Å². The molecule has 3 heteroatoms. The Balaban J connectivity index is 2.00. The van der Waals surface area contributed by atoms with E-state index in [-0.39, 0.29) is 6.61 Å². The minimum Gasteiger partial charge on any atom is -0.394 e. The standard InChI is InChI=1S/C17H18ClNO/c1-12-5-6-13-7-8-17(11-20,16(13)9-12)19-15-4-2-3-14(18)10-15/h2-6,9-10,19-20H,7-8,11H2,1H3. The first-order chi connectivity index (χ1) is 9.63. The van der Waals surface area contributed by atoms with Gasteiger partial charge in [-0.15, -0.1) is 0 Å². The quantitative estimate of drug-likeness (QED) is 0.897. The normalized spacial score (nSPS) is 20.8. The van der Waals surface area contributed by atoms with E-state index in [0.717, 1.165) is 18.5 Å². The van der Waals surface area contributed by atoms with Crippen LogP contribution in [0.15, 0.2) is 42.5 Å². The summed E-state index contributed by atoms with van der Waals surface area (Å²) >= 11 is 6.04. The van der Waals surface area contributed by atoms with Crippen LogP contribution < -0.4 is 5.32 Å². The van der Waals surface area contributed by atoms with E-state index in [4.69, 9.17) is 11.6 Å². The number of aliphatic hydroxyl groups excluding tert-OH is 1. The Labute approximate surface area is 124 Å². The van der Waals surface area contributed by atoms with Gasteiger partial charge >= 0.3 is 0 Å². The van der Waals surface area contributed by atoms with Gasteiger partial charge in [-0.05, 0) is 49.1 Å². The van der Waals surface area contributed by atoms with Crippen LogP contribution in [-0.4, -0.2) is 11.7 Å². The zero-order chi connectivity index (χ0) is 14.2. The predicted molar refractivity (Wildman–Crippen MR) is 83.3 cm³/mol. The molecular weight excluding hydrogens is 270 g/mol. The van der Waals surface area contributed by atoms with Crippen LogP contribution in [0.25, 0.3) is 0 Å². The summed E-state index contributed by atoms with van der Waals surface area (Å²) in [6.45, 7) is 2.16. The largest absolute Gasteiger partial charge is 0.394 e. The summed E-state index contributed by atoms with van der Waals surface area (Å²) in [4.78, 5) is 0. The molecule has 0 aromatic heterocycles. The number of rotatable bonds is 3. The van der Waals surface area contributed by atoms with Crippen LogP contribution in [-0.2, 0) is 12.0 Å². The van der Waals surface area contributed by atoms with Crippen LogP contribution in [0.4, 0.5) is 5.69 Å². The van der Waals surface area contributed by atoms with Gasteiger partial charge in [-0.25, -0.2) is 0 Å². The number of benzene rings is 2. The molecule has 2 aromatic carbocycles. The lowest BCUT2D eigenvalue weighted by molar-refractivity contribution is 0.211. The van der Waals surface area contributed by atoms with Crippen LogP contribution in [0.3, 0.4) is 0 Å². The van der Waals surface area contributed by atoms with E-state index < -0.39 is 5.54 Å². The van der Waals surface area contributed by atoms with Gasteiger partial charge in [0.1, 0.15) is 0 Å². The van der Waals surface area contributed by atoms with Crippen LogP contribution in [0.5, 0.6) is 0 Å². The zero-order valence-electron chi connectivity index (χ0n) is 11.5. The van der Waals surface area contributed by atoms with E-state index in [2.05, 4.69) is 30.4 Å². The second kappa shape index (κ2) is 5.12. The molecule has 0 amide bonds. The molecule has 2 N–H and O–H groups in total. The molecule has 0 aliphatic heterocycles. The van der Waals surface area contributed by atoms with Gasteiger partial charge in [0.15, 0.2) is 0 Å². The van der Waals surface area contributed by atoms with Crippen molar-refractivity contribution in [1.82, 2.24) is 0 Å². The van der Waals surface area contributed by atoms with E-state index in [9.17, 15) is 5.11 Å². The molecule has 0 fully saturated rings. The Morgan fingerprint density at radius 3 is 2.85 bits per heavy atom. The van der Waals surface area contributed by atoms with Crippen molar-refractivity contribution < 1.29 is 5.11 Å². The summed E-state index contributed by atoms with van der Waals surface area (Å²) < 4.78 is 0. The highest BCUT2D eigenvalue weighted by Crippen LogP contribution is 2.40. The third kappa shape index (κ3) is 2.30. The van der Waals surface area contributed by atoms with Crippen molar-refractivity contribution >= 4 is 17.3 Å². The fraction of sp³-hybridized carbons (Fsp3) is 0.294. The first-order valence-electron chi connectivity index (χ1n) is 6.88. The number of anilines is 1. The highest BCUT2D eigenvalue weighted by molar-refractivity contribution is 6.30. The van der Waals surface area contributed by atoms with Crippen molar-refractivity contribution in [2.45, 2.75) is 25.3 Å². The van der Waals surface area contributed by atoms with E-state index in [1.54, 1.807) is 0 Å². The summed E-state index contributed by atoms with van der Waals surface area (Å²) in [7, 11) is 0. The molecule has 1 aliphatic rings. The summed E-state index contributed by atoms with van der Waals surface area (Å²) in [6.07, 6.45) is 1.89. The molecular formula is C17H18ClNO. The molecule has 0 spiro atoms. The Morgan fingerprint density at radius 2 is 2.10 bits per heavy atom. The van der Waals surface area contributed by atoms with E-state index in [1.807, 2.05) is 24.3 Å². The fourth-order valence-corrected chi connectivity index (χ4v) is 3.20. The van der Waals surface area contributed by atoms with Gasteiger partial charge in [-0.2, -0.15) is 0 Å². The number of aryl methyl sites for hydroxylation is 2. The smallest absolute Gasteiger partial charge is 0.0862 e. The number of aliphatic hydroxyl groups is 1. The van der Waals surface area contributed by atoms with Gasteiger partial charge in [0.25, 0.3) is 0 Å². The van der Waals surface area contributed by atoms with E-state index in [0.29, 0.717) is 5.02 Å². The number of fused-ring (bicyclic) bond motifs is 1. The molecule has 1 atom stereocenters. The number of hydrogen-bond acceptors (Lipinski definition) is 2. The molecule has 2 nitrogen and oxygen atoms in total. The molecule has 0 saturated carbocycles. The first-order valence-corrected chi connectivity index (χ1v) is 7.25. The monoisotopic (exact) mass is 287 g/mol. The van der Waals surface area contributed by atoms with Crippen molar-refractivity contribution in [2.75, 3.05) is 11.9 Å². The SMILES string of the molecule is Cc1ccc2c(c1)C(CO)(Nc1cccc(Cl)c1)CC2. The van der Waals surface area contributed by atoms with Gasteiger partial charge in [0.05, 0.1) is 12.1 Å². The second-order valence-electron chi connectivity index (χ2n) is 5.54. The summed E-state index contributed by atoms with van der Waals surface area (Å²) in [5, 5.41) is 14.2. The van der Waals surface area contributed by atoms with E-state index >= 15 is 0 Å². The maximum absolute atomic E-state index is 9.99.